The van der Waals surface area contributed by atoms with E-state index in [2.05, 4.69) is 18.9 Å². The number of morpholine rings is 1. The first-order valence-corrected chi connectivity index (χ1v) is 7.25. The maximum atomic E-state index is 12.6. The van der Waals surface area contributed by atoms with Crippen LogP contribution in [0.25, 0.3) is 0 Å². The Morgan fingerprint density at radius 2 is 2.19 bits per heavy atom. The van der Waals surface area contributed by atoms with Crippen molar-refractivity contribution in [3.05, 3.63) is 18.0 Å². The predicted molar refractivity (Wildman–Crippen MR) is 75.1 cm³/mol. The highest BCUT2D eigenvalue weighted by atomic mass is 16.5. The third-order valence-electron chi connectivity index (χ3n) is 3.81. The SMILES string of the molecule is CCC(CC)n1nccc1C(=O)N1CCO[C@@H](C(=O)O)C1. The lowest BCUT2D eigenvalue weighted by Crippen LogP contribution is -2.49. The molecule has 1 atom stereocenters. The highest BCUT2D eigenvalue weighted by molar-refractivity contribution is 5.93. The molecule has 7 nitrogen and oxygen atoms in total. The summed E-state index contributed by atoms with van der Waals surface area (Å²) in [6.45, 7) is 4.82. The van der Waals surface area contributed by atoms with Crippen LogP contribution in [0.15, 0.2) is 12.3 Å². The molecule has 0 spiro atoms. The van der Waals surface area contributed by atoms with E-state index in [-0.39, 0.29) is 25.1 Å². The van der Waals surface area contributed by atoms with Crippen molar-refractivity contribution >= 4 is 11.9 Å². The van der Waals surface area contributed by atoms with E-state index in [1.165, 1.54) is 4.90 Å². The highest BCUT2D eigenvalue weighted by Crippen LogP contribution is 2.19. The second-order valence-corrected chi connectivity index (χ2v) is 5.08. The van der Waals surface area contributed by atoms with Crippen LogP contribution >= 0.6 is 0 Å². The van der Waals surface area contributed by atoms with Crippen molar-refractivity contribution in [1.82, 2.24) is 14.7 Å². The summed E-state index contributed by atoms with van der Waals surface area (Å²) in [4.78, 5) is 25.1. The fourth-order valence-corrected chi connectivity index (χ4v) is 2.55. The van der Waals surface area contributed by atoms with E-state index < -0.39 is 12.1 Å². The molecule has 1 aromatic heterocycles. The van der Waals surface area contributed by atoms with Crippen LogP contribution in [-0.2, 0) is 9.53 Å². The van der Waals surface area contributed by atoms with Crippen molar-refractivity contribution in [1.29, 1.82) is 0 Å². The minimum absolute atomic E-state index is 0.0717. The van der Waals surface area contributed by atoms with Crippen molar-refractivity contribution in [2.75, 3.05) is 19.7 Å². The van der Waals surface area contributed by atoms with Gasteiger partial charge < -0.3 is 14.7 Å². The zero-order valence-corrected chi connectivity index (χ0v) is 12.4. The van der Waals surface area contributed by atoms with Gasteiger partial charge >= 0.3 is 5.97 Å². The lowest BCUT2D eigenvalue weighted by Gasteiger charge is -2.31. The van der Waals surface area contributed by atoms with Gasteiger partial charge in [0.05, 0.1) is 19.2 Å². The Kier molecular flexibility index (Phi) is 4.95. The molecular weight excluding hydrogens is 274 g/mol. The normalized spacial score (nSPS) is 19.0. The number of ether oxygens (including phenoxy) is 1. The summed E-state index contributed by atoms with van der Waals surface area (Å²) in [5.41, 5.74) is 0.509. The molecule has 0 bridgehead atoms. The first-order chi connectivity index (χ1) is 10.1. The van der Waals surface area contributed by atoms with E-state index in [0.717, 1.165) is 12.8 Å². The molecule has 1 N–H and O–H groups in total. The molecule has 0 aromatic carbocycles. The average Bonchev–Trinajstić information content (AvgIpc) is 2.97. The number of carbonyl (C=O) groups excluding carboxylic acids is 1. The van der Waals surface area contributed by atoms with Gasteiger partial charge in [-0.1, -0.05) is 13.8 Å². The van der Waals surface area contributed by atoms with Gasteiger partial charge in [0.2, 0.25) is 0 Å². The van der Waals surface area contributed by atoms with Crippen molar-refractivity contribution in [3.8, 4) is 0 Å². The Morgan fingerprint density at radius 1 is 1.48 bits per heavy atom. The Hall–Kier alpha value is -1.89. The zero-order chi connectivity index (χ0) is 15.4. The van der Waals surface area contributed by atoms with E-state index >= 15 is 0 Å². The molecule has 0 radical (unpaired) electrons. The van der Waals surface area contributed by atoms with Gasteiger partial charge in [-0.15, -0.1) is 0 Å². The predicted octanol–water partition coefficient (Wildman–Crippen LogP) is 1.17. The second kappa shape index (κ2) is 6.71. The van der Waals surface area contributed by atoms with Gasteiger partial charge in [-0.3, -0.25) is 9.48 Å². The van der Waals surface area contributed by atoms with Crippen LogP contribution in [0.2, 0.25) is 0 Å². The molecule has 116 valence electrons. The molecule has 0 aliphatic carbocycles. The zero-order valence-electron chi connectivity index (χ0n) is 12.4. The Labute approximate surface area is 123 Å². The highest BCUT2D eigenvalue weighted by Gasteiger charge is 2.31. The lowest BCUT2D eigenvalue weighted by atomic mass is 10.1. The molecule has 2 rings (SSSR count). The minimum atomic E-state index is -1.04. The van der Waals surface area contributed by atoms with Gasteiger partial charge in [0.25, 0.3) is 5.91 Å². The monoisotopic (exact) mass is 295 g/mol. The smallest absolute Gasteiger partial charge is 0.334 e. The summed E-state index contributed by atoms with van der Waals surface area (Å²) in [6.07, 6.45) is 2.44. The molecule has 2 heterocycles. The molecule has 1 aromatic rings. The van der Waals surface area contributed by atoms with Gasteiger partial charge in [-0.25, -0.2) is 4.79 Å². The van der Waals surface area contributed by atoms with E-state index in [0.29, 0.717) is 12.2 Å². The molecule has 1 aliphatic heterocycles. The van der Waals surface area contributed by atoms with Crippen LogP contribution < -0.4 is 0 Å². The van der Waals surface area contributed by atoms with E-state index in [9.17, 15) is 9.59 Å². The summed E-state index contributed by atoms with van der Waals surface area (Å²) in [6, 6.07) is 1.86. The third kappa shape index (κ3) is 3.24. The van der Waals surface area contributed by atoms with Gasteiger partial charge in [-0.2, -0.15) is 5.10 Å². The summed E-state index contributed by atoms with van der Waals surface area (Å²) < 4.78 is 6.88. The molecule has 0 saturated carbocycles. The quantitative estimate of drug-likeness (QED) is 0.881. The van der Waals surface area contributed by atoms with Gasteiger partial charge in [-0.05, 0) is 18.9 Å². The molecule has 0 unspecified atom stereocenters. The van der Waals surface area contributed by atoms with Crippen LogP contribution in [0.1, 0.15) is 43.2 Å². The van der Waals surface area contributed by atoms with E-state index in [1.807, 2.05) is 0 Å². The van der Waals surface area contributed by atoms with Crippen LogP contribution in [-0.4, -0.2) is 57.5 Å². The summed E-state index contributed by atoms with van der Waals surface area (Å²) in [7, 11) is 0. The van der Waals surface area contributed by atoms with Crippen molar-refractivity contribution in [3.63, 3.8) is 0 Å². The largest absolute Gasteiger partial charge is 0.479 e. The molecule has 1 fully saturated rings. The fraction of sp³-hybridized carbons (Fsp3) is 0.643. The van der Waals surface area contributed by atoms with Gasteiger partial charge in [0, 0.05) is 12.7 Å². The topological polar surface area (TPSA) is 84.7 Å². The Bertz CT molecular complexity index is 510. The van der Waals surface area contributed by atoms with E-state index in [1.54, 1.807) is 16.9 Å². The van der Waals surface area contributed by atoms with Gasteiger partial charge in [0.15, 0.2) is 6.10 Å². The number of rotatable bonds is 5. The molecule has 1 amide bonds. The molecule has 1 aliphatic rings. The molecule has 21 heavy (non-hydrogen) atoms. The number of aliphatic carboxylic acids is 1. The Morgan fingerprint density at radius 3 is 2.81 bits per heavy atom. The van der Waals surface area contributed by atoms with Crippen molar-refractivity contribution in [2.24, 2.45) is 0 Å². The van der Waals surface area contributed by atoms with Crippen LogP contribution in [0, 0.1) is 0 Å². The summed E-state index contributed by atoms with van der Waals surface area (Å²) >= 11 is 0. The number of hydrogen-bond acceptors (Lipinski definition) is 4. The summed E-state index contributed by atoms with van der Waals surface area (Å²) in [5, 5.41) is 13.3. The number of carboxylic acids is 1. The molecule has 7 heteroatoms. The van der Waals surface area contributed by atoms with Gasteiger partial charge in [0.1, 0.15) is 5.69 Å². The first kappa shape index (κ1) is 15.5. The number of amides is 1. The van der Waals surface area contributed by atoms with Crippen molar-refractivity contribution < 1.29 is 19.4 Å². The molecular formula is C14H21N3O4. The van der Waals surface area contributed by atoms with Crippen LogP contribution in [0.3, 0.4) is 0 Å². The number of hydrogen-bond donors (Lipinski definition) is 1. The maximum absolute atomic E-state index is 12.6. The fourth-order valence-electron chi connectivity index (χ4n) is 2.55. The number of aromatic nitrogens is 2. The summed E-state index contributed by atoms with van der Waals surface area (Å²) in [5.74, 6) is -1.23. The number of carbonyl (C=O) groups is 2. The van der Waals surface area contributed by atoms with E-state index in [4.69, 9.17) is 9.84 Å². The lowest BCUT2D eigenvalue weighted by molar-refractivity contribution is -0.154. The minimum Gasteiger partial charge on any atom is -0.479 e. The second-order valence-electron chi connectivity index (χ2n) is 5.08. The third-order valence-corrected chi connectivity index (χ3v) is 3.81. The van der Waals surface area contributed by atoms with Crippen LogP contribution in [0.4, 0.5) is 0 Å². The average molecular weight is 295 g/mol. The van der Waals surface area contributed by atoms with Crippen LogP contribution in [0.5, 0.6) is 0 Å². The number of carboxylic acid groups (broad SMARTS) is 1. The number of nitrogens with zero attached hydrogens (tertiary/aromatic N) is 3. The standard InChI is InChI=1S/C14H21N3O4/c1-3-10(4-2)17-11(5-6-15-17)13(18)16-7-8-21-12(9-16)14(19)20/h5-6,10,12H,3-4,7-9H2,1-2H3,(H,19,20)/t12-/m1/s1. The van der Waals surface area contributed by atoms with Crippen molar-refractivity contribution in [2.45, 2.75) is 38.8 Å². The Balaban J connectivity index is 2.17. The molecule has 1 saturated heterocycles. The first-order valence-electron chi connectivity index (χ1n) is 7.25. The maximum Gasteiger partial charge on any atom is 0.334 e.